The van der Waals surface area contributed by atoms with Gasteiger partial charge in [-0.2, -0.15) is 0 Å². The molecule has 0 spiro atoms. The highest BCUT2D eigenvalue weighted by atomic mass is 19.1. The molecular weight excluding hydrogens is 217 g/mol. The molecule has 0 fully saturated rings. The maximum atomic E-state index is 13.7. The second-order valence-corrected chi connectivity index (χ2v) is 3.75. The van der Waals surface area contributed by atoms with Crippen molar-refractivity contribution >= 4 is 5.69 Å². The van der Waals surface area contributed by atoms with Crippen molar-refractivity contribution in [3.8, 4) is 0 Å². The van der Waals surface area contributed by atoms with Crippen molar-refractivity contribution in [2.75, 3.05) is 12.8 Å². The lowest BCUT2D eigenvalue weighted by molar-refractivity contribution is 0.576. The Bertz CT molecular complexity index is 468. The molecule has 3 N–H and O–H groups in total. The molecule has 1 heterocycles. The summed E-state index contributed by atoms with van der Waals surface area (Å²) < 4.78 is 13.7. The second kappa shape index (κ2) is 4.93. The number of nitrogen functional groups attached to an aromatic ring is 1. The van der Waals surface area contributed by atoms with Crippen LogP contribution in [0, 0.1) is 5.82 Å². The fraction of sp³-hybridized carbons (Fsp3) is 0.154. The zero-order chi connectivity index (χ0) is 12.3. The van der Waals surface area contributed by atoms with E-state index in [-0.39, 0.29) is 11.9 Å². The van der Waals surface area contributed by atoms with Crippen LogP contribution in [-0.2, 0) is 0 Å². The van der Waals surface area contributed by atoms with Gasteiger partial charge < -0.3 is 11.1 Å². The van der Waals surface area contributed by atoms with Gasteiger partial charge in [0.25, 0.3) is 0 Å². The predicted octanol–water partition coefficient (Wildman–Crippen LogP) is 2.11. The lowest BCUT2D eigenvalue weighted by Gasteiger charge is -2.18. The first-order chi connectivity index (χ1) is 8.24. The maximum absolute atomic E-state index is 13.7. The highest BCUT2D eigenvalue weighted by Gasteiger charge is 2.17. The molecule has 1 aromatic carbocycles. The summed E-state index contributed by atoms with van der Waals surface area (Å²) in [6, 6.07) is 8.06. The summed E-state index contributed by atoms with van der Waals surface area (Å²) >= 11 is 0. The fourth-order valence-electron chi connectivity index (χ4n) is 1.85. The van der Waals surface area contributed by atoms with E-state index < -0.39 is 0 Å². The number of anilines is 1. The van der Waals surface area contributed by atoms with Gasteiger partial charge in [0, 0.05) is 29.2 Å². The number of halogens is 1. The first-order valence-electron chi connectivity index (χ1n) is 5.35. The zero-order valence-electron chi connectivity index (χ0n) is 9.52. The van der Waals surface area contributed by atoms with Crippen LogP contribution >= 0.6 is 0 Å². The van der Waals surface area contributed by atoms with Gasteiger partial charge >= 0.3 is 0 Å². The van der Waals surface area contributed by atoms with Gasteiger partial charge in [0.05, 0.1) is 6.04 Å². The maximum Gasteiger partial charge on any atom is 0.128 e. The van der Waals surface area contributed by atoms with Gasteiger partial charge in [-0.15, -0.1) is 0 Å². The van der Waals surface area contributed by atoms with Crippen LogP contribution in [0.25, 0.3) is 0 Å². The van der Waals surface area contributed by atoms with Crippen LogP contribution in [0.3, 0.4) is 0 Å². The molecule has 0 radical (unpaired) electrons. The number of aromatic nitrogens is 1. The van der Waals surface area contributed by atoms with Crippen molar-refractivity contribution in [3.05, 3.63) is 59.7 Å². The molecule has 0 amide bonds. The van der Waals surface area contributed by atoms with Gasteiger partial charge in [0.15, 0.2) is 0 Å². The highest BCUT2D eigenvalue weighted by Crippen LogP contribution is 2.27. The standard InChI is InChI=1S/C13H14FN3/c1-16-13(9-4-2-3-5-11(9)14)10-8-17-7-6-12(10)15/h2-8,13,16H,1H3,(H2,15,17). The average Bonchev–Trinajstić information content (AvgIpc) is 2.34. The van der Waals surface area contributed by atoms with Crippen LogP contribution in [0.4, 0.5) is 10.1 Å². The van der Waals surface area contributed by atoms with E-state index in [1.165, 1.54) is 6.07 Å². The quantitative estimate of drug-likeness (QED) is 0.850. The van der Waals surface area contributed by atoms with Gasteiger partial charge in [-0.05, 0) is 19.2 Å². The fourth-order valence-corrected chi connectivity index (χ4v) is 1.85. The molecule has 88 valence electrons. The number of pyridine rings is 1. The van der Waals surface area contributed by atoms with E-state index >= 15 is 0 Å². The third-order valence-corrected chi connectivity index (χ3v) is 2.70. The largest absolute Gasteiger partial charge is 0.398 e. The summed E-state index contributed by atoms with van der Waals surface area (Å²) in [6.45, 7) is 0. The molecule has 2 rings (SSSR count). The molecule has 1 unspecified atom stereocenters. The van der Waals surface area contributed by atoms with Gasteiger partial charge in [0.2, 0.25) is 0 Å². The summed E-state index contributed by atoms with van der Waals surface area (Å²) in [7, 11) is 1.77. The van der Waals surface area contributed by atoms with Crippen molar-refractivity contribution in [2.24, 2.45) is 0 Å². The van der Waals surface area contributed by atoms with Crippen LogP contribution in [0.15, 0.2) is 42.7 Å². The third kappa shape index (κ3) is 2.26. The Morgan fingerprint density at radius 1 is 1.24 bits per heavy atom. The van der Waals surface area contributed by atoms with Crippen LogP contribution in [0.5, 0.6) is 0 Å². The Kier molecular flexibility index (Phi) is 3.35. The number of nitrogens with one attached hydrogen (secondary N) is 1. The predicted molar refractivity (Wildman–Crippen MR) is 66.0 cm³/mol. The normalized spacial score (nSPS) is 12.4. The van der Waals surface area contributed by atoms with Crippen molar-refractivity contribution in [1.29, 1.82) is 0 Å². The molecule has 0 bridgehead atoms. The number of benzene rings is 1. The monoisotopic (exact) mass is 231 g/mol. The molecule has 0 saturated carbocycles. The molecule has 0 saturated heterocycles. The SMILES string of the molecule is CNC(c1cnccc1N)c1ccccc1F. The molecule has 0 aliphatic rings. The van der Waals surface area contributed by atoms with Crippen molar-refractivity contribution in [3.63, 3.8) is 0 Å². The average molecular weight is 231 g/mol. The number of rotatable bonds is 3. The molecule has 0 aliphatic heterocycles. The zero-order valence-corrected chi connectivity index (χ0v) is 9.52. The van der Waals surface area contributed by atoms with Crippen LogP contribution in [0.1, 0.15) is 17.2 Å². The Labute approximate surface area is 99.5 Å². The topological polar surface area (TPSA) is 50.9 Å². The molecule has 1 atom stereocenters. The first-order valence-corrected chi connectivity index (χ1v) is 5.35. The molecule has 0 aliphatic carbocycles. The van der Waals surface area contributed by atoms with Crippen molar-refractivity contribution in [1.82, 2.24) is 10.3 Å². The lowest BCUT2D eigenvalue weighted by atomic mass is 9.98. The Balaban J connectivity index is 2.48. The molecular formula is C13H14FN3. The van der Waals surface area contributed by atoms with E-state index in [0.717, 1.165) is 5.56 Å². The summed E-state index contributed by atoms with van der Waals surface area (Å²) in [5.41, 5.74) is 7.82. The van der Waals surface area contributed by atoms with Gasteiger partial charge in [-0.25, -0.2) is 4.39 Å². The van der Waals surface area contributed by atoms with Crippen LogP contribution in [0.2, 0.25) is 0 Å². The molecule has 17 heavy (non-hydrogen) atoms. The number of nitrogens with two attached hydrogens (primary N) is 1. The minimum absolute atomic E-state index is 0.255. The summed E-state index contributed by atoms with van der Waals surface area (Å²) in [5, 5.41) is 3.06. The Morgan fingerprint density at radius 3 is 2.65 bits per heavy atom. The smallest absolute Gasteiger partial charge is 0.128 e. The molecule has 2 aromatic rings. The number of hydrogen-bond acceptors (Lipinski definition) is 3. The lowest BCUT2D eigenvalue weighted by Crippen LogP contribution is -2.20. The van der Waals surface area contributed by atoms with Crippen molar-refractivity contribution < 1.29 is 4.39 Å². The highest BCUT2D eigenvalue weighted by molar-refractivity contribution is 5.49. The van der Waals surface area contributed by atoms with Crippen molar-refractivity contribution in [2.45, 2.75) is 6.04 Å². The number of nitrogens with zero attached hydrogens (tertiary/aromatic N) is 1. The summed E-state index contributed by atoms with van der Waals surface area (Å²) in [5.74, 6) is -0.255. The molecule has 3 nitrogen and oxygen atoms in total. The van der Waals surface area contributed by atoms with Gasteiger partial charge in [-0.1, -0.05) is 18.2 Å². The summed E-state index contributed by atoms with van der Waals surface area (Å²) in [6.07, 6.45) is 3.27. The molecule has 1 aromatic heterocycles. The van der Waals surface area contributed by atoms with Crippen LogP contribution < -0.4 is 11.1 Å². The van der Waals surface area contributed by atoms with Gasteiger partial charge in [0.1, 0.15) is 5.82 Å². The second-order valence-electron chi connectivity index (χ2n) is 3.75. The van der Waals surface area contributed by atoms with E-state index in [1.807, 2.05) is 0 Å². The minimum Gasteiger partial charge on any atom is -0.398 e. The minimum atomic E-state index is -0.287. The molecule has 4 heteroatoms. The van der Waals surface area contributed by atoms with E-state index in [4.69, 9.17) is 5.73 Å². The van der Waals surface area contributed by atoms with E-state index in [2.05, 4.69) is 10.3 Å². The van der Waals surface area contributed by atoms with Crippen LogP contribution in [-0.4, -0.2) is 12.0 Å². The Hall–Kier alpha value is -1.94. The third-order valence-electron chi connectivity index (χ3n) is 2.70. The number of hydrogen-bond donors (Lipinski definition) is 2. The van der Waals surface area contributed by atoms with E-state index in [9.17, 15) is 4.39 Å². The Morgan fingerprint density at radius 2 is 2.00 bits per heavy atom. The summed E-state index contributed by atoms with van der Waals surface area (Å²) in [4.78, 5) is 4.03. The first kappa shape index (κ1) is 11.5. The van der Waals surface area contributed by atoms with E-state index in [1.54, 1.807) is 43.7 Å². The van der Waals surface area contributed by atoms with Gasteiger partial charge in [-0.3, -0.25) is 4.98 Å². The van der Waals surface area contributed by atoms with E-state index in [0.29, 0.717) is 11.3 Å².